The van der Waals surface area contributed by atoms with Crippen LogP contribution in [0, 0.1) is 0 Å². The van der Waals surface area contributed by atoms with Crippen LogP contribution in [0.1, 0.15) is 12.8 Å². The number of fused-ring (bicyclic) bond motifs is 1. The van der Waals surface area contributed by atoms with Crippen molar-refractivity contribution in [1.82, 2.24) is 4.57 Å². The van der Waals surface area contributed by atoms with Crippen molar-refractivity contribution in [2.75, 3.05) is 13.7 Å². The van der Waals surface area contributed by atoms with E-state index in [4.69, 9.17) is 14.5 Å². The molecule has 1 atom stereocenters. The van der Waals surface area contributed by atoms with E-state index in [1.807, 2.05) is 24.3 Å². The molecule has 1 fully saturated rings. The number of hydrogen-bond donors (Lipinski definition) is 0. The minimum atomic E-state index is 0.239. The summed E-state index contributed by atoms with van der Waals surface area (Å²) in [5, 5.41) is 4.73. The summed E-state index contributed by atoms with van der Waals surface area (Å²) < 4.78 is 13.6. The molecule has 0 N–H and O–H groups in total. The highest BCUT2D eigenvalue weighted by Crippen LogP contribution is 2.30. The van der Waals surface area contributed by atoms with E-state index in [1.165, 1.54) is 22.0 Å². The average molecular weight is 417 g/mol. The van der Waals surface area contributed by atoms with E-state index in [2.05, 4.69) is 52.4 Å². The smallest absolute Gasteiger partial charge is 0.190 e. The molecule has 0 aliphatic carbocycles. The molecular weight excluding hydrogens is 392 g/mol. The molecular formula is C25H24N2O2S. The summed E-state index contributed by atoms with van der Waals surface area (Å²) in [6, 6.07) is 22.9. The van der Waals surface area contributed by atoms with Gasteiger partial charge in [-0.15, -0.1) is 11.3 Å². The lowest BCUT2D eigenvalue weighted by Gasteiger charge is -2.15. The fraction of sp³-hybridized carbons (Fsp3) is 0.240. The molecule has 0 spiro atoms. The Morgan fingerprint density at radius 2 is 1.90 bits per heavy atom. The van der Waals surface area contributed by atoms with Crippen molar-refractivity contribution < 1.29 is 9.47 Å². The first-order valence-electron chi connectivity index (χ1n) is 10.3. The molecule has 1 aliphatic rings. The molecule has 4 aromatic rings. The lowest BCUT2D eigenvalue weighted by atomic mass is 10.0. The standard InChI is InChI=1S/C25H24N2O2S/c1-28-20-13-11-19(12-14-20)26-25-27(16-21-8-5-15-29-21)24(17-30-25)23-10-4-7-18-6-2-3-9-22(18)23/h2-4,6-7,9-14,17,21H,5,8,15-16H2,1H3. The van der Waals surface area contributed by atoms with Crippen molar-refractivity contribution in [3.63, 3.8) is 0 Å². The van der Waals surface area contributed by atoms with E-state index < -0.39 is 0 Å². The SMILES string of the molecule is COc1ccc(N=c2scc(-c3cccc4ccccc34)n2CC2CCCO2)cc1. The van der Waals surface area contributed by atoms with Crippen LogP contribution < -0.4 is 9.54 Å². The third-order valence-electron chi connectivity index (χ3n) is 5.57. The van der Waals surface area contributed by atoms with Crippen LogP contribution in [-0.4, -0.2) is 24.4 Å². The van der Waals surface area contributed by atoms with E-state index in [1.54, 1.807) is 18.4 Å². The molecule has 1 aliphatic heterocycles. The van der Waals surface area contributed by atoms with Crippen LogP contribution in [0.5, 0.6) is 5.75 Å². The van der Waals surface area contributed by atoms with Gasteiger partial charge in [-0.2, -0.15) is 0 Å². The molecule has 1 saturated heterocycles. The number of rotatable bonds is 5. The minimum Gasteiger partial charge on any atom is -0.497 e. The van der Waals surface area contributed by atoms with Crippen molar-refractivity contribution in [2.45, 2.75) is 25.5 Å². The van der Waals surface area contributed by atoms with E-state index in [9.17, 15) is 0 Å². The van der Waals surface area contributed by atoms with E-state index >= 15 is 0 Å². The van der Waals surface area contributed by atoms with Crippen LogP contribution in [0.25, 0.3) is 22.0 Å². The van der Waals surface area contributed by atoms with E-state index in [0.717, 1.165) is 42.2 Å². The summed E-state index contributed by atoms with van der Waals surface area (Å²) in [5.74, 6) is 0.837. The summed E-state index contributed by atoms with van der Waals surface area (Å²) in [4.78, 5) is 5.94. The maximum atomic E-state index is 5.97. The number of ether oxygens (including phenoxy) is 2. The summed E-state index contributed by atoms with van der Waals surface area (Å²) >= 11 is 1.68. The van der Waals surface area contributed by atoms with Crippen LogP contribution in [0.2, 0.25) is 0 Å². The quantitative estimate of drug-likeness (QED) is 0.413. The van der Waals surface area contributed by atoms with Gasteiger partial charge in [0.2, 0.25) is 0 Å². The van der Waals surface area contributed by atoms with Gasteiger partial charge >= 0.3 is 0 Å². The maximum absolute atomic E-state index is 5.97. The number of nitrogens with zero attached hydrogens (tertiary/aromatic N) is 2. The fourth-order valence-electron chi connectivity index (χ4n) is 4.02. The molecule has 0 saturated carbocycles. The van der Waals surface area contributed by atoms with Gasteiger partial charge in [0.1, 0.15) is 5.75 Å². The Morgan fingerprint density at radius 3 is 2.70 bits per heavy atom. The third kappa shape index (κ3) is 3.78. The second kappa shape index (κ2) is 8.46. The number of hydrogen-bond acceptors (Lipinski definition) is 4. The molecule has 0 amide bonds. The Hall–Kier alpha value is -2.89. The highest BCUT2D eigenvalue weighted by Gasteiger charge is 2.19. The van der Waals surface area contributed by atoms with Gasteiger partial charge in [0.15, 0.2) is 4.80 Å². The molecule has 5 rings (SSSR count). The van der Waals surface area contributed by atoms with Crippen LogP contribution in [0.3, 0.4) is 0 Å². The van der Waals surface area contributed by atoms with E-state index in [0.29, 0.717) is 0 Å². The first-order valence-corrected chi connectivity index (χ1v) is 11.2. The van der Waals surface area contributed by atoms with Crippen LogP contribution in [0.4, 0.5) is 5.69 Å². The molecule has 30 heavy (non-hydrogen) atoms. The summed E-state index contributed by atoms with van der Waals surface area (Å²) in [7, 11) is 1.68. The third-order valence-corrected chi connectivity index (χ3v) is 6.43. The Kier molecular flexibility index (Phi) is 5.39. The molecule has 5 heteroatoms. The number of benzene rings is 3. The lowest BCUT2D eigenvalue weighted by molar-refractivity contribution is 0.0968. The fourth-order valence-corrected chi connectivity index (χ4v) is 4.95. The zero-order valence-corrected chi connectivity index (χ0v) is 17.8. The predicted molar refractivity (Wildman–Crippen MR) is 122 cm³/mol. The van der Waals surface area contributed by atoms with Gasteiger partial charge in [0, 0.05) is 17.6 Å². The molecule has 1 aromatic heterocycles. The van der Waals surface area contributed by atoms with Gasteiger partial charge in [0.25, 0.3) is 0 Å². The van der Waals surface area contributed by atoms with Crippen LogP contribution in [0.15, 0.2) is 77.1 Å². The predicted octanol–water partition coefficient (Wildman–Crippen LogP) is 5.79. The van der Waals surface area contributed by atoms with Crippen LogP contribution >= 0.6 is 11.3 Å². The number of thiazole rings is 1. The molecule has 2 heterocycles. The summed E-state index contributed by atoms with van der Waals surface area (Å²) in [5.41, 5.74) is 3.35. The number of aromatic nitrogens is 1. The first-order chi connectivity index (χ1) is 14.8. The first kappa shape index (κ1) is 19.1. The van der Waals surface area contributed by atoms with Gasteiger partial charge in [-0.3, -0.25) is 0 Å². The highest BCUT2D eigenvalue weighted by molar-refractivity contribution is 7.07. The average Bonchev–Trinajstić information content (AvgIpc) is 3.45. The van der Waals surface area contributed by atoms with Gasteiger partial charge in [-0.25, -0.2) is 4.99 Å². The Balaban J connectivity index is 1.64. The Bertz CT molecular complexity index is 1210. The monoisotopic (exact) mass is 416 g/mol. The largest absolute Gasteiger partial charge is 0.497 e. The summed E-state index contributed by atoms with van der Waals surface area (Å²) in [6.45, 7) is 1.67. The summed E-state index contributed by atoms with van der Waals surface area (Å²) in [6.07, 6.45) is 2.46. The molecule has 0 radical (unpaired) electrons. The van der Waals surface area contributed by atoms with Crippen molar-refractivity contribution >= 4 is 27.8 Å². The van der Waals surface area contributed by atoms with Gasteiger partial charge in [-0.1, -0.05) is 42.5 Å². The minimum absolute atomic E-state index is 0.239. The van der Waals surface area contributed by atoms with Crippen LogP contribution in [-0.2, 0) is 11.3 Å². The Morgan fingerprint density at radius 1 is 1.07 bits per heavy atom. The van der Waals surface area contributed by atoms with E-state index in [-0.39, 0.29) is 6.10 Å². The Labute approximate surface area is 180 Å². The van der Waals surface area contributed by atoms with Crippen molar-refractivity contribution in [1.29, 1.82) is 0 Å². The van der Waals surface area contributed by atoms with Crippen molar-refractivity contribution in [2.24, 2.45) is 4.99 Å². The molecule has 3 aromatic carbocycles. The zero-order chi connectivity index (χ0) is 20.3. The molecule has 0 bridgehead atoms. The second-order valence-electron chi connectivity index (χ2n) is 7.49. The molecule has 152 valence electrons. The topological polar surface area (TPSA) is 35.8 Å². The normalized spacial score (nSPS) is 17.0. The maximum Gasteiger partial charge on any atom is 0.190 e. The van der Waals surface area contributed by atoms with Crippen molar-refractivity contribution in [3.8, 4) is 17.0 Å². The van der Waals surface area contributed by atoms with Gasteiger partial charge in [0.05, 0.1) is 31.1 Å². The van der Waals surface area contributed by atoms with Crippen molar-refractivity contribution in [3.05, 3.63) is 76.9 Å². The van der Waals surface area contributed by atoms with Gasteiger partial charge < -0.3 is 14.0 Å². The molecule has 4 nitrogen and oxygen atoms in total. The second-order valence-corrected chi connectivity index (χ2v) is 8.32. The van der Waals surface area contributed by atoms with Gasteiger partial charge in [-0.05, 0) is 47.9 Å². The number of methoxy groups -OCH3 is 1. The zero-order valence-electron chi connectivity index (χ0n) is 17.0. The lowest BCUT2D eigenvalue weighted by Crippen LogP contribution is -2.24. The highest BCUT2D eigenvalue weighted by atomic mass is 32.1. The molecule has 1 unspecified atom stereocenters.